The molecule has 0 radical (unpaired) electrons. The van der Waals surface area contributed by atoms with Gasteiger partial charge in [-0.3, -0.25) is 10.1 Å². The molecule has 0 spiro atoms. The third-order valence-electron chi connectivity index (χ3n) is 2.20. The van der Waals surface area contributed by atoms with Gasteiger partial charge in [-0.1, -0.05) is 12.1 Å². The Balaban J connectivity index is 2.71. The highest BCUT2D eigenvalue weighted by Gasteiger charge is 2.15. The second-order valence-electron chi connectivity index (χ2n) is 3.65. The van der Waals surface area contributed by atoms with Crippen molar-refractivity contribution in [3.05, 3.63) is 24.3 Å². The number of primary amides is 1. The van der Waals surface area contributed by atoms with Crippen molar-refractivity contribution in [2.75, 3.05) is 11.9 Å². The number of amides is 3. The Morgan fingerprint density at radius 2 is 2.06 bits per heavy atom. The lowest BCUT2D eigenvalue weighted by molar-refractivity contribution is -0.120. The lowest BCUT2D eigenvalue weighted by Crippen LogP contribution is -2.43. The average Bonchev–Trinajstić information content (AvgIpc) is 2.31. The number of hydrogen-bond acceptors (Lipinski definition) is 4. The summed E-state index contributed by atoms with van der Waals surface area (Å²) in [6.07, 6.45) is 0. The number of urea groups is 1. The van der Waals surface area contributed by atoms with E-state index in [0.717, 1.165) is 0 Å². The summed E-state index contributed by atoms with van der Waals surface area (Å²) in [5.41, 5.74) is 5.57. The molecule has 1 rings (SSSR count). The molecule has 1 unspecified atom stereocenters. The molecule has 0 heterocycles. The van der Waals surface area contributed by atoms with Crippen molar-refractivity contribution < 1.29 is 14.3 Å². The molecular formula is C12H17N3O3. The quantitative estimate of drug-likeness (QED) is 0.730. The minimum Gasteiger partial charge on any atom is -0.492 e. The van der Waals surface area contributed by atoms with E-state index in [2.05, 4.69) is 5.32 Å². The summed E-state index contributed by atoms with van der Waals surface area (Å²) in [5, 5.41) is 4.97. The number of benzene rings is 1. The van der Waals surface area contributed by atoms with Gasteiger partial charge in [-0.2, -0.15) is 0 Å². The molecule has 18 heavy (non-hydrogen) atoms. The number of imide groups is 1. The maximum Gasteiger partial charge on any atom is 0.318 e. The topological polar surface area (TPSA) is 93.4 Å². The van der Waals surface area contributed by atoms with E-state index < -0.39 is 18.0 Å². The predicted octanol–water partition coefficient (Wildman–Crippen LogP) is 1.08. The van der Waals surface area contributed by atoms with Crippen molar-refractivity contribution in [1.82, 2.24) is 5.32 Å². The molecule has 0 saturated heterocycles. The summed E-state index contributed by atoms with van der Waals surface area (Å²) in [5.74, 6) is 0.160. The first-order valence-corrected chi connectivity index (χ1v) is 5.63. The van der Waals surface area contributed by atoms with Crippen LogP contribution in [0.1, 0.15) is 13.8 Å². The summed E-state index contributed by atoms with van der Waals surface area (Å²) >= 11 is 0. The fourth-order valence-corrected chi connectivity index (χ4v) is 1.40. The van der Waals surface area contributed by atoms with Gasteiger partial charge in [0.25, 0.3) is 0 Å². The predicted molar refractivity (Wildman–Crippen MR) is 68.4 cm³/mol. The van der Waals surface area contributed by atoms with Gasteiger partial charge in [-0.15, -0.1) is 0 Å². The third-order valence-corrected chi connectivity index (χ3v) is 2.20. The maximum absolute atomic E-state index is 11.5. The van der Waals surface area contributed by atoms with E-state index in [1.54, 1.807) is 19.1 Å². The molecule has 0 aromatic heterocycles. The molecule has 3 amide bonds. The van der Waals surface area contributed by atoms with E-state index in [0.29, 0.717) is 18.0 Å². The molecule has 0 aliphatic rings. The van der Waals surface area contributed by atoms with Gasteiger partial charge in [0.05, 0.1) is 12.3 Å². The molecule has 0 saturated carbocycles. The molecule has 0 bridgehead atoms. The van der Waals surface area contributed by atoms with Gasteiger partial charge in [0.2, 0.25) is 5.91 Å². The number of nitrogens with two attached hydrogens (primary N) is 1. The second-order valence-corrected chi connectivity index (χ2v) is 3.65. The van der Waals surface area contributed by atoms with Gasteiger partial charge in [-0.05, 0) is 26.0 Å². The lowest BCUT2D eigenvalue weighted by Gasteiger charge is -2.16. The van der Waals surface area contributed by atoms with Gasteiger partial charge in [0.15, 0.2) is 0 Å². The average molecular weight is 251 g/mol. The molecule has 1 atom stereocenters. The van der Waals surface area contributed by atoms with Crippen LogP contribution in [0.3, 0.4) is 0 Å². The highest BCUT2D eigenvalue weighted by Crippen LogP contribution is 2.24. The molecule has 0 aliphatic heterocycles. The molecule has 6 heteroatoms. The fourth-order valence-electron chi connectivity index (χ4n) is 1.40. The maximum atomic E-state index is 11.5. The smallest absolute Gasteiger partial charge is 0.318 e. The van der Waals surface area contributed by atoms with Crippen LogP contribution in [0.4, 0.5) is 10.5 Å². The van der Waals surface area contributed by atoms with Crippen LogP contribution in [0, 0.1) is 0 Å². The van der Waals surface area contributed by atoms with Gasteiger partial charge >= 0.3 is 6.03 Å². The van der Waals surface area contributed by atoms with Crippen molar-refractivity contribution >= 4 is 17.6 Å². The molecule has 1 aromatic carbocycles. The normalized spacial score (nSPS) is 11.4. The van der Waals surface area contributed by atoms with E-state index in [1.807, 2.05) is 24.4 Å². The first-order valence-electron chi connectivity index (χ1n) is 5.63. The van der Waals surface area contributed by atoms with Gasteiger partial charge in [-0.25, -0.2) is 4.79 Å². The summed E-state index contributed by atoms with van der Waals surface area (Å²) in [6.45, 7) is 4.03. The van der Waals surface area contributed by atoms with Crippen molar-refractivity contribution in [2.45, 2.75) is 19.9 Å². The minimum atomic E-state index is -0.869. The lowest BCUT2D eigenvalue weighted by atomic mass is 10.2. The number of carbonyl (C=O) groups excluding carboxylic acids is 2. The zero-order valence-corrected chi connectivity index (χ0v) is 10.4. The summed E-state index contributed by atoms with van der Waals surface area (Å²) < 4.78 is 5.41. The number of nitrogens with one attached hydrogen (secondary N) is 2. The monoisotopic (exact) mass is 251 g/mol. The van der Waals surface area contributed by atoms with Crippen molar-refractivity contribution in [3.63, 3.8) is 0 Å². The van der Waals surface area contributed by atoms with E-state index in [4.69, 9.17) is 10.5 Å². The molecule has 4 N–H and O–H groups in total. The number of hydrogen-bond donors (Lipinski definition) is 3. The van der Waals surface area contributed by atoms with Crippen LogP contribution in [0.15, 0.2) is 24.3 Å². The van der Waals surface area contributed by atoms with Crippen LogP contribution in [0.5, 0.6) is 5.75 Å². The summed E-state index contributed by atoms with van der Waals surface area (Å²) in [7, 11) is 0. The second kappa shape index (κ2) is 6.48. The zero-order chi connectivity index (χ0) is 13.5. The first-order chi connectivity index (χ1) is 8.54. The molecule has 98 valence electrons. The molecule has 1 aromatic rings. The Morgan fingerprint density at radius 1 is 1.39 bits per heavy atom. The number of ether oxygens (including phenoxy) is 1. The number of rotatable bonds is 5. The highest BCUT2D eigenvalue weighted by molar-refractivity contribution is 5.97. The van der Waals surface area contributed by atoms with Crippen molar-refractivity contribution in [1.29, 1.82) is 0 Å². The van der Waals surface area contributed by atoms with Crippen LogP contribution < -0.4 is 21.1 Å². The first kappa shape index (κ1) is 13.8. The van der Waals surface area contributed by atoms with E-state index in [9.17, 15) is 9.59 Å². The molecule has 6 nitrogen and oxygen atoms in total. The Morgan fingerprint density at radius 3 is 2.67 bits per heavy atom. The van der Waals surface area contributed by atoms with Gasteiger partial charge in [0, 0.05) is 0 Å². The Kier molecular flexibility index (Phi) is 4.98. The van der Waals surface area contributed by atoms with Crippen molar-refractivity contribution in [3.8, 4) is 5.75 Å². The van der Waals surface area contributed by atoms with Crippen LogP contribution in [0.2, 0.25) is 0 Å². The Bertz CT molecular complexity index is 434. The number of para-hydroxylation sites is 2. The van der Waals surface area contributed by atoms with E-state index in [-0.39, 0.29) is 0 Å². The Hall–Kier alpha value is -2.24. The number of anilines is 1. The number of carbonyl (C=O) groups is 2. The zero-order valence-electron chi connectivity index (χ0n) is 10.4. The summed E-state index contributed by atoms with van der Waals surface area (Å²) in [4.78, 5) is 22.1. The SMILES string of the molecule is CCOc1ccccc1NC(C)C(=O)NC(N)=O. The van der Waals surface area contributed by atoms with Crippen molar-refractivity contribution in [2.24, 2.45) is 5.73 Å². The largest absolute Gasteiger partial charge is 0.492 e. The highest BCUT2D eigenvalue weighted by atomic mass is 16.5. The minimum absolute atomic E-state index is 0.492. The van der Waals surface area contributed by atoms with E-state index in [1.165, 1.54) is 0 Å². The van der Waals surface area contributed by atoms with Gasteiger partial charge < -0.3 is 15.8 Å². The molecular weight excluding hydrogens is 234 g/mol. The summed E-state index contributed by atoms with van der Waals surface area (Å²) in [6, 6.07) is 5.78. The molecule has 0 aliphatic carbocycles. The standard InChI is InChI=1S/C12H17N3O3/c1-3-18-10-7-5-4-6-9(10)14-8(2)11(16)15-12(13)17/h4-8,14H,3H2,1-2H3,(H3,13,15,16,17). The molecule has 0 fully saturated rings. The Labute approximate surface area is 105 Å². The van der Waals surface area contributed by atoms with Crippen LogP contribution in [-0.4, -0.2) is 24.6 Å². The van der Waals surface area contributed by atoms with Gasteiger partial charge in [0.1, 0.15) is 11.8 Å². The fraction of sp³-hybridized carbons (Fsp3) is 0.333. The van der Waals surface area contributed by atoms with Crippen LogP contribution in [0.25, 0.3) is 0 Å². The third kappa shape index (κ3) is 3.97. The van der Waals surface area contributed by atoms with E-state index >= 15 is 0 Å². The van der Waals surface area contributed by atoms with Crippen LogP contribution in [-0.2, 0) is 4.79 Å². The van der Waals surface area contributed by atoms with Crippen LogP contribution >= 0.6 is 0 Å².